The molecule has 7 nitrogen and oxygen atoms in total. The lowest BCUT2D eigenvalue weighted by molar-refractivity contribution is -0.111. The van der Waals surface area contributed by atoms with Crippen molar-refractivity contribution in [1.29, 1.82) is 0 Å². The lowest BCUT2D eigenvalue weighted by Crippen LogP contribution is -2.12. The zero-order valence-corrected chi connectivity index (χ0v) is 17.6. The average molecular weight is 439 g/mol. The van der Waals surface area contributed by atoms with E-state index in [1.54, 1.807) is 25.3 Å². The summed E-state index contributed by atoms with van der Waals surface area (Å²) in [6, 6.07) is 20.7. The zero-order chi connectivity index (χ0) is 22.3. The monoisotopic (exact) mass is 438 g/mol. The van der Waals surface area contributed by atoms with E-state index in [-0.39, 0.29) is 10.8 Å². The summed E-state index contributed by atoms with van der Waals surface area (Å²) in [5.74, 6) is 0.784. The molecule has 1 amide bonds. The standard InChI is InChI=1S/C23H22N2O5S/c1-29-22-15-17(7-13-21(22)30-16-18-5-3-2-4-6-18)8-14-23(26)25-19-9-11-20(12-10-19)31(24,27)28/h2-15H,16H2,1H3,(H,25,26)(H2,24,27,28)/b14-8+. The van der Waals surface area contributed by atoms with E-state index < -0.39 is 10.0 Å². The van der Waals surface area contributed by atoms with E-state index >= 15 is 0 Å². The molecule has 0 radical (unpaired) electrons. The number of carbonyl (C=O) groups excluding carboxylic acids is 1. The first-order valence-corrected chi connectivity index (χ1v) is 10.9. The number of amides is 1. The predicted molar refractivity (Wildman–Crippen MR) is 119 cm³/mol. The summed E-state index contributed by atoms with van der Waals surface area (Å²) >= 11 is 0. The van der Waals surface area contributed by atoms with Gasteiger partial charge in [-0.1, -0.05) is 36.4 Å². The molecule has 0 atom stereocenters. The number of nitrogens with one attached hydrogen (secondary N) is 1. The molecular weight excluding hydrogens is 416 g/mol. The first-order valence-electron chi connectivity index (χ1n) is 9.32. The highest BCUT2D eigenvalue weighted by atomic mass is 32.2. The Morgan fingerprint density at radius 2 is 1.71 bits per heavy atom. The van der Waals surface area contributed by atoms with E-state index in [1.807, 2.05) is 36.4 Å². The smallest absolute Gasteiger partial charge is 0.248 e. The molecule has 160 valence electrons. The minimum atomic E-state index is -3.77. The highest BCUT2D eigenvalue weighted by Gasteiger charge is 2.08. The Hall–Kier alpha value is -3.62. The molecule has 0 heterocycles. The number of rotatable bonds is 8. The average Bonchev–Trinajstić information content (AvgIpc) is 2.77. The summed E-state index contributed by atoms with van der Waals surface area (Å²) in [5, 5.41) is 7.71. The normalized spacial score (nSPS) is 11.3. The number of hydrogen-bond acceptors (Lipinski definition) is 5. The molecule has 3 aromatic rings. The molecular formula is C23H22N2O5S. The number of nitrogens with two attached hydrogens (primary N) is 1. The molecule has 0 aliphatic rings. The van der Waals surface area contributed by atoms with Crippen molar-refractivity contribution in [2.45, 2.75) is 11.5 Å². The zero-order valence-electron chi connectivity index (χ0n) is 16.8. The van der Waals surface area contributed by atoms with Crippen LogP contribution in [0.15, 0.2) is 83.8 Å². The van der Waals surface area contributed by atoms with Crippen LogP contribution in [0.4, 0.5) is 5.69 Å². The number of ether oxygens (including phenoxy) is 2. The van der Waals surface area contributed by atoms with Gasteiger partial charge in [0.2, 0.25) is 15.9 Å². The molecule has 0 bridgehead atoms. The number of hydrogen-bond donors (Lipinski definition) is 2. The molecule has 8 heteroatoms. The van der Waals surface area contributed by atoms with Crippen molar-refractivity contribution in [2.75, 3.05) is 12.4 Å². The van der Waals surface area contributed by atoms with E-state index in [0.717, 1.165) is 11.1 Å². The molecule has 0 aliphatic carbocycles. The minimum absolute atomic E-state index is 0.0253. The van der Waals surface area contributed by atoms with E-state index in [1.165, 1.54) is 30.3 Å². The Bertz CT molecular complexity index is 1170. The Kier molecular flexibility index (Phi) is 7.07. The van der Waals surface area contributed by atoms with Gasteiger partial charge in [0.25, 0.3) is 0 Å². The minimum Gasteiger partial charge on any atom is -0.493 e. The van der Waals surface area contributed by atoms with Crippen LogP contribution in [-0.4, -0.2) is 21.4 Å². The number of sulfonamides is 1. The Morgan fingerprint density at radius 1 is 1.00 bits per heavy atom. The molecule has 3 rings (SSSR count). The molecule has 3 N–H and O–H groups in total. The van der Waals surface area contributed by atoms with Gasteiger partial charge in [0.1, 0.15) is 6.61 Å². The van der Waals surface area contributed by atoms with E-state index in [2.05, 4.69) is 5.32 Å². The first-order chi connectivity index (χ1) is 14.8. The van der Waals surface area contributed by atoms with Crippen molar-refractivity contribution in [3.63, 3.8) is 0 Å². The molecule has 0 aliphatic heterocycles. The van der Waals surface area contributed by atoms with Gasteiger partial charge in [0.15, 0.2) is 11.5 Å². The van der Waals surface area contributed by atoms with E-state index in [4.69, 9.17) is 14.6 Å². The van der Waals surface area contributed by atoms with Crippen LogP contribution in [0.5, 0.6) is 11.5 Å². The summed E-state index contributed by atoms with van der Waals surface area (Å²) in [6.07, 6.45) is 3.00. The molecule has 31 heavy (non-hydrogen) atoms. The molecule has 0 unspecified atom stereocenters. The van der Waals surface area contributed by atoms with Gasteiger partial charge in [-0.15, -0.1) is 0 Å². The molecule has 0 fully saturated rings. The van der Waals surface area contributed by atoms with E-state index in [0.29, 0.717) is 23.8 Å². The fraction of sp³-hybridized carbons (Fsp3) is 0.0870. The molecule has 0 spiro atoms. The summed E-state index contributed by atoms with van der Waals surface area (Å²) in [5.41, 5.74) is 2.25. The highest BCUT2D eigenvalue weighted by Crippen LogP contribution is 2.29. The third kappa shape index (κ3) is 6.43. The van der Waals surface area contributed by atoms with E-state index in [9.17, 15) is 13.2 Å². The predicted octanol–water partition coefficient (Wildman–Crippen LogP) is 3.57. The quantitative estimate of drug-likeness (QED) is 0.523. The maximum atomic E-state index is 12.2. The van der Waals surface area contributed by atoms with Crippen LogP contribution in [-0.2, 0) is 21.4 Å². The van der Waals surface area contributed by atoms with Gasteiger partial charge in [-0.2, -0.15) is 0 Å². The summed E-state index contributed by atoms with van der Waals surface area (Å²) in [7, 11) is -2.22. The summed E-state index contributed by atoms with van der Waals surface area (Å²) in [6.45, 7) is 0.416. The Balaban J connectivity index is 1.62. The van der Waals surface area contributed by atoms with Crippen molar-refractivity contribution in [1.82, 2.24) is 0 Å². The van der Waals surface area contributed by atoms with Gasteiger partial charge in [-0.25, -0.2) is 13.6 Å². The maximum absolute atomic E-state index is 12.2. The molecule has 0 saturated carbocycles. The SMILES string of the molecule is COc1cc(/C=C/C(=O)Nc2ccc(S(N)(=O)=O)cc2)ccc1OCc1ccccc1. The first kappa shape index (κ1) is 22.1. The number of benzene rings is 3. The van der Waals surface area contributed by atoms with Gasteiger partial charge in [0, 0.05) is 11.8 Å². The van der Waals surface area contributed by atoms with Crippen LogP contribution in [0, 0.1) is 0 Å². The fourth-order valence-corrected chi connectivity index (χ4v) is 3.24. The molecule has 3 aromatic carbocycles. The third-order valence-electron chi connectivity index (χ3n) is 4.30. The summed E-state index contributed by atoms with van der Waals surface area (Å²) in [4.78, 5) is 12.1. The number of carbonyl (C=O) groups is 1. The second-order valence-electron chi connectivity index (χ2n) is 6.58. The van der Waals surface area contributed by atoms with Gasteiger partial charge < -0.3 is 14.8 Å². The lowest BCUT2D eigenvalue weighted by Gasteiger charge is -2.11. The van der Waals surface area contributed by atoms with Gasteiger partial charge in [0.05, 0.1) is 12.0 Å². The van der Waals surface area contributed by atoms with Crippen molar-refractivity contribution < 1.29 is 22.7 Å². The van der Waals surface area contributed by atoms with Crippen molar-refractivity contribution in [3.8, 4) is 11.5 Å². The molecule has 0 saturated heterocycles. The van der Waals surface area contributed by atoms with Crippen LogP contribution >= 0.6 is 0 Å². The van der Waals surface area contributed by atoms with Crippen LogP contribution in [0.1, 0.15) is 11.1 Å². The van der Waals surface area contributed by atoms with Gasteiger partial charge >= 0.3 is 0 Å². The van der Waals surface area contributed by atoms with Crippen LogP contribution in [0.25, 0.3) is 6.08 Å². The lowest BCUT2D eigenvalue weighted by atomic mass is 10.2. The maximum Gasteiger partial charge on any atom is 0.248 e. The van der Waals surface area contributed by atoms with Crippen molar-refractivity contribution in [3.05, 3.63) is 90.0 Å². The van der Waals surface area contributed by atoms with Crippen LogP contribution in [0.3, 0.4) is 0 Å². The second-order valence-corrected chi connectivity index (χ2v) is 8.14. The van der Waals surface area contributed by atoms with Crippen LogP contribution < -0.4 is 19.9 Å². The fourth-order valence-electron chi connectivity index (χ4n) is 2.73. The van der Waals surface area contributed by atoms with Gasteiger partial charge in [-0.05, 0) is 53.6 Å². The van der Waals surface area contributed by atoms with Crippen molar-refractivity contribution in [2.24, 2.45) is 5.14 Å². The van der Waals surface area contributed by atoms with Crippen LogP contribution in [0.2, 0.25) is 0 Å². The topological polar surface area (TPSA) is 108 Å². The number of anilines is 1. The summed E-state index contributed by atoms with van der Waals surface area (Å²) < 4.78 is 33.8. The van der Waals surface area contributed by atoms with Gasteiger partial charge in [-0.3, -0.25) is 4.79 Å². The number of primary sulfonamides is 1. The Labute approximate surface area is 181 Å². The Morgan fingerprint density at radius 3 is 2.35 bits per heavy atom. The number of methoxy groups -OCH3 is 1. The molecule has 0 aromatic heterocycles. The largest absolute Gasteiger partial charge is 0.493 e. The van der Waals surface area contributed by atoms with Crippen molar-refractivity contribution >= 4 is 27.7 Å². The highest BCUT2D eigenvalue weighted by molar-refractivity contribution is 7.89. The third-order valence-corrected chi connectivity index (χ3v) is 5.23. The second kappa shape index (κ2) is 9.92.